The van der Waals surface area contributed by atoms with E-state index in [0.717, 1.165) is 5.56 Å². The zero-order chi connectivity index (χ0) is 12.1. The van der Waals surface area contributed by atoms with Crippen LogP contribution in [0.5, 0.6) is 0 Å². The van der Waals surface area contributed by atoms with Gasteiger partial charge in [-0.25, -0.2) is 0 Å². The largest absolute Gasteiger partial charge is 0.364 e. The summed E-state index contributed by atoms with van der Waals surface area (Å²) in [6.07, 6.45) is 0. The van der Waals surface area contributed by atoms with Crippen LogP contribution in [0, 0.1) is 6.92 Å². The van der Waals surface area contributed by atoms with Gasteiger partial charge in [0.15, 0.2) is 5.11 Å². The molecule has 0 atom stereocenters. The van der Waals surface area contributed by atoms with Crippen molar-refractivity contribution in [2.24, 2.45) is 0 Å². The molecule has 1 aromatic rings. The summed E-state index contributed by atoms with van der Waals surface area (Å²) in [6, 6.07) is 5.21. The zero-order valence-electron chi connectivity index (χ0n) is 8.93. The number of amides is 1. The molecule has 0 unspecified atom stereocenters. The summed E-state index contributed by atoms with van der Waals surface area (Å²) < 4.78 is 0. The number of carbonyl (C=O) groups excluding carboxylic acids is 1. The van der Waals surface area contributed by atoms with E-state index in [-0.39, 0.29) is 5.91 Å². The fourth-order valence-electron chi connectivity index (χ4n) is 1.05. The van der Waals surface area contributed by atoms with Crippen LogP contribution >= 0.6 is 23.8 Å². The lowest BCUT2D eigenvalue weighted by molar-refractivity contribution is 0.0944. The molecule has 1 aromatic carbocycles. The molecule has 0 bridgehead atoms. The lowest BCUT2D eigenvalue weighted by atomic mass is 10.1. The molecule has 6 heteroatoms. The van der Waals surface area contributed by atoms with Crippen molar-refractivity contribution in [2.75, 3.05) is 7.05 Å². The lowest BCUT2D eigenvalue weighted by Gasteiger charge is -2.09. The van der Waals surface area contributed by atoms with Crippen LogP contribution < -0.4 is 16.2 Å². The van der Waals surface area contributed by atoms with E-state index in [1.807, 2.05) is 13.0 Å². The SMILES string of the molecule is CNC(=S)NNC(=O)c1ccc(C)cc1Cl. The topological polar surface area (TPSA) is 53.2 Å². The number of hydrogen-bond donors (Lipinski definition) is 3. The minimum atomic E-state index is -0.331. The van der Waals surface area contributed by atoms with Crippen LogP contribution in [-0.2, 0) is 0 Å². The van der Waals surface area contributed by atoms with Gasteiger partial charge in [0.2, 0.25) is 0 Å². The molecular weight excluding hydrogens is 246 g/mol. The Kier molecular flexibility index (Phi) is 4.52. The Morgan fingerprint density at radius 3 is 2.62 bits per heavy atom. The number of thiocarbonyl (C=S) groups is 1. The van der Waals surface area contributed by atoms with Crippen molar-refractivity contribution < 1.29 is 4.79 Å². The van der Waals surface area contributed by atoms with Crippen LogP contribution in [0.2, 0.25) is 5.02 Å². The van der Waals surface area contributed by atoms with Gasteiger partial charge in [0.25, 0.3) is 5.91 Å². The quantitative estimate of drug-likeness (QED) is 0.526. The molecule has 0 heterocycles. The number of aryl methyl sites for hydroxylation is 1. The molecule has 0 radical (unpaired) electrons. The molecule has 0 saturated carbocycles. The highest BCUT2D eigenvalue weighted by molar-refractivity contribution is 7.80. The Bertz CT molecular complexity index is 423. The van der Waals surface area contributed by atoms with Crippen molar-refractivity contribution in [3.8, 4) is 0 Å². The maximum absolute atomic E-state index is 11.7. The third-order valence-electron chi connectivity index (χ3n) is 1.89. The van der Waals surface area contributed by atoms with Crippen molar-refractivity contribution >= 4 is 34.8 Å². The van der Waals surface area contributed by atoms with E-state index >= 15 is 0 Å². The Hall–Kier alpha value is -1.33. The first kappa shape index (κ1) is 12.7. The van der Waals surface area contributed by atoms with Gasteiger partial charge in [-0.15, -0.1) is 0 Å². The lowest BCUT2D eigenvalue weighted by Crippen LogP contribution is -2.45. The zero-order valence-corrected chi connectivity index (χ0v) is 10.5. The van der Waals surface area contributed by atoms with Crippen molar-refractivity contribution in [1.82, 2.24) is 16.2 Å². The molecule has 0 spiro atoms. The number of rotatable bonds is 1. The Balaban J connectivity index is 2.70. The van der Waals surface area contributed by atoms with Crippen LogP contribution in [0.1, 0.15) is 15.9 Å². The molecule has 1 amide bonds. The van der Waals surface area contributed by atoms with E-state index < -0.39 is 0 Å². The highest BCUT2D eigenvalue weighted by atomic mass is 35.5. The van der Waals surface area contributed by atoms with Gasteiger partial charge >= 0.3 is 0 Å². The smallest absolute Gasteiger partial charge is 0.271 e. The van der Waals surface area contributed by atoms with Crippen molar-refractivity contribution in [2.45, 2.75) is 6.92 Å². The fraction of sp³-hybridized carbons (Fsp3) is 0.200. The normalized spacial score (nSPS) is 9.44. The number of benzene rings is 1. The van der Waals surface area contributed by atoms with E-state index in [9.17, 15) is 4.79 Å². The van der Waals surface area contributed by atoms with Crippen molar-refractivity contribution in [3.63, 3.8) is 0 Å². The molecule has 0 aliphatic rings. The summed E-state index contributed by atoms with van der Waals surface area (Å²) >= 11 is 10.7. The van der Waals surface area contributed by atoms with Gasteiger partial charge < -0.3 is 5.32 Å². The van der Waals surface area contributed by atoms with Crippen LogP contribution in [0.15, 0.2) is 18.2 Å². The summed E-state index contributed by atoms with van der Waals surface area (Å²) in [6.45, 7) is 1.90. The molecule has 16 heavy (non-hydrogen) atoms. The first-order valence-corrected chi connectivity index (χ1v) is 5.37. The van der Waals surface area contributed by atoms with Gasteiger partial charge in [-0.05, 0) is 36.8 Å². The second-order valence-electron chi connectivity index (χ2n) is 3.14. The maximum Gasteiger partial charge on any atom is 0.271 e. The van der Waals surface area contributed by atoms with Crippen LogP contribution in [0.25, 0.3) is 0 Å². The average Bonchev–Trinajstić information content (AvgIpc) is 2.25. The number of hydrogen-bond acceptors (Lipinski definition) is 2. The third-order valence-corrected chi connectivity index (χ3v) is 2.50. The number of carbonyl (C=O) groups is 1. The van der Waals surface area contributed by atoms with Gasteiger partial charge in [-0.2, -0.15) is 0 Å². The van der Waals surface area contributed by atoms with Crippen LogP contribution in [-0.4, -0.2) is 18.1 Å². The van der Waals surface area contributed by atoms with E-state index in [0.29, 0.717) is 15.7 Å². The van der Waals surface area contributed by atoms with Crippen molar-refractivity contribution in [1.29, 1.82) is 0 Å². The van der Waals surface area contributed by atoms with Gasteiger partial charge in [0, 0.05) is 7.05 Å². The van der Waals surface area contributed by atoms with Gasteiger partial charge in [-0.3, -0.25) is 15.6 Å². The molecule has 0 aliphatic heterocycles. The minimum Gasteiger partial charge on any atom is -0.364 e. The molecule has 0 aliphatic carbocycles. The second-order valence-corrected chi connectivity index (χ2v) is 3.96. The Morgan fingerprint density at radius 1 is 1.38 bits per heavy atom. The van der Waals surface area contributed by atoms with Crippen LogP contribution in [0.4, 0.5) is 0 Å². The molecule has 4 nitrogen and oxygen atoms in total. The van der Waals surface area contributed by atoms with Crippen LogP contribution in [0.3, 0.4) is 0 Å². The molecule has 0 aromatic heterocycles. The average molecular weight is 258 g/mol. The predicted octanol–water partition coefficient (Wildman–Crippen LogP) is 1.39. The summed E-state index contributed by atoms with van der Waals surface area (Å²) in [5.74, 6) is -0.331. The standard InChI is InChI=1S/C10H12ClN3OS/c1-6-3-4-7(8(11)5-6)9(15)13-14-10(16)12-2/h3-5H,1-2H3,(H,13,15)(H2,12,14,16). The summed E-state index contributed by atoms with van der Waals surface area (Å²) in [5, 5.41) is 3.41. The van der Waals surface area contributed by atoms with Crippen molar-refractivity contribution in [3.05, 3.63) is 34.3 Å². The number of halogens is 1. The number of nitrogens with one attached hydrogen (secondary N) is 3. The van der Waals surface area contributed by atoms with E-state index in [1.54, 1.807) is 19.2 Å². The van der Waals surface area contributed by atoms with E-state index in [2.05, 4.69) is 16.2 Å². The Morgan fingerprint density at radius 2 is 2.06 bits per heavy atom. The monoisotopic (exact) mass is 257 g/mol. The van der Waals surface area contributed by atoms with Gasteiger partial charge in [0.05, 0.1) is 10.6 Å². The predicted molar refractivity (Wildman–Crippen MR) is 68.4 cm³/mol. The first-order valence-electron chi connectivity index (χ1n) is 4.59. The van der Waals surface area contributed by atoms with Gasteiger partial charge in [-0.1, -0.05) is 17.7 Å². The maximum atomic E-state index is 11.7. The van der Waals surface area contributed by atoms with E-state index in [1.165, 1.54) is 0 Å². The first-order chi connectivity index (χ1) is 7.54. The molecule has 0 fully saturated rings. The van der Waals surface area contributed by atoms with E-state index in [4.69, 9.17) is 23.8 Å². The summed E-state index contributed by atoms with van der Waals surface area (Å²) in [5.41, 5.74) is 6.37. The highest BCUT2D eigenvalue weighted by Crippen LogP contribution is 2.16. The Labute approximate surface area is 104 Å². The fourth-order valence-corrected chi connectivity index (χ4v) is 1.42. The molecular formula is C10H12ClN3OS. The highest BCUT2D eigenvalue weighted by Gasteiger charge is 2.09. The minimum absolute atomic E-state index is 0.330. The number of hydrazine groups is 1. The van der Waals surface area contributed by atoms with Gasteiger partial charge in [0.1, 0.15) is 0 Å². The summed E-state index contributed by atoms with van der Waals surface area (Å²) in [7, 11) is 1.65. The molecule has 1 rings (SSSR count). The molecule has 3 N–H and O–H groups in total. The second kappa shape index (κ2) is 5.67. The summed E-state index contributed by atoms with van der Waals surface area (Å²) in [4.78, 5) is 11.7. The molecule has 0 saturated heterocycles. The third kappa shape index (κ3) is 3.36. The molecule has 86 valence electrons.